The number of allylic oxidation sites excluding steroid dienone is 2. The summed E-state index contributed by atoms with van der Waals surface area (Å²) >= 11 is 0. The molecule has 53 heavy (non-hydrogen) atoms. The van der Waals surface area contributed by atoms with Gasteiger partial charge in [-0.05, 0) is 137 Å². The Kier molecular flexibility index (Phi) is 9.80. The second kappa shape index (κ2) is 13.1. The van der Waals surface area contributed by atoms with Crippen molar-refractivity contribution in [3.63, 3.8) is 0 Å². The molecule has 7 nitrogen and oxygen atoms in total. The van der Waals surface area contributed by atoms with E-state index in [4.69, 9.17) is 4.74 Å². The molecule has 5 aliphatic carbocycles. The van der Waals surface area contributed by atoms with Crippen LogP contribution in [0, 0.1) is 56.2 Å². The van der Waals surface area contributed by atoms with Crippen LogP contribution in [0.4, 0.5) is 0 Å². The maximum absolute atomic E-state index is 14.7. The molecule has 4 saturated carbocycles. The van der Waals surface area contributed by atoms with Gasteiger partial charge in [0.2, 0.25) is 5.78 Å². The molecule has 0 aliphatic heterocycles. The Hall–Kier alpha value is -2.96. The molecule has 1 aromatic rings. The highest BCUT2D eigenvalue weighted by molar-refractivity contribution is 6.39. The lowest BCUT2D eigenvalue weighted by atomic mass is 9.33. The van der Waals surface area contributed by atoms with E-state index in [0.29, 0.717) is 17.8 Å². The van der Waals surface area contributed by atoms with Gasteiger partial charge in [0.05, 0.1) is 22.8 Å². The Bertz CT molecular complexity index is 1690. The SMILES string of the molecule is CC(C)C1=C2[C@H]3CC[C@@H]4[C@@]5(C)CC[C@H](OC(=O)CC(C)(C)C(=O)O)C(C)(C)[C@@H]5CC[C@@]4(C)[C@]3(C)CC[C@@]2(C(=O)C(=O)NC(C)(C)c2ccccc2)CC1. The number of ketones is 1. The van der Waals surface area contributed by atoms with Crippen LogP contribution in [0.2, 0.25) is 0 Å². The maximum Gasteiger partial charge on any atom is 0.309 e. The smallest absolute Gasteiger partial charge is 0.309 e. The number of carbonyl (C=O) groups is 4. The van der Waals surface area contributed by atoms with Gasteiger partial charge in [-0.3, -0.25) is 19.2 Å². The van der Waals surface area contributed by atoms with Crippen molar-refractivity contribution >= 4 is 23.6 Å². The number of rotatable bonds is 9. The molecule has 1 aromatic carbocycles. The van der Waals surface area contributed by atoms with Gasteiger partial charge in [0, 0.05) is 5.41 Å². The summed E-state index contributed by atoms with van der Waals surface area (Å²) < 4.78 is 6.17. The minimum atomic E-state index is -1.17. The highest BCUT2D eigenvalue weighted by Gasteiger charge is 2.70. The third-order valence-electron chi connectivity index (χ3n) is 16.6. The number of nitrogens with one attached hydrogen (secondary N) is 1. The average Bonchev–Trinajstić information content (AvgIpc) is 3.47. The van der Waals surface area contributed by atoms with E-state index in [2.05, 4.69) is 53.8 Å². The number of hydrogen-bond acceptors (Lipinski definition) is 5. The van der Waals surface area contributed by atoms with Gasteiger partial charge in [0.1, 0.15) is 6.10 Å². The number of esters is 1. The fourth-order valence-corrected chi connectivity index (χ4v) is 13.3. The first-order chi connectivity index (χ1) is 24.5. The van der Waals surface area contributed by atoms with E-state index in [9.17, 15) is 24.3 Å². The first kappa shape index (κ1) is 39.7. The lowest BCUT2D eigenvalue weighted by Gasteiger charge is -2.72. The Morgan fingerprint density at radius 2 is 1.49 bits per heavy atom. The molecule has 2 N–H and O–H groups in total. The topological polar surface area (TPSA) is 110 Å². The Morgan fingerprint density at radius 1 is 0.830 bits per heavy atom. The largest absolute Gasteiger partial charge is 0.481 e. The van der Waals surface area contributed by atoms with E-state index < -0.39 is 34.2 Å². The van der Waals surface area contributed by atoms with Gasteiger partial charge in [-0.1, -0.05) is 89.9 Å². The number of ether oxygens (including phenoxy) is 1. The molecule has 7 heteroatoms. The minimum Gasteiger partial charge on any atom is -0.481 e. The third-order valence-corrected chi connectivity index (χ3v) is 16.6. The monoisotopic (exact) mass is 729 g/mol. The molecule has 8 atom stereocenters. The van der Waals surface area contributed by atoms with E-state index in [-0.39, 0.29) is 45.9 Å². The Balaban J connectivity index is 1.28. The number of carboxylic acid groups (broad SMARTS) is 1. The number of Topliss-reactive ketones (excluding diaryl/α,β-unsaturated/α-hetero) is 1. The number of aliphatic carboxylic acids is 1. The molecule has 0 bridgehead atoms. The van der Waals surface area contributed by atoms with E-state index in [0.717, 1.165) is 69.8 Å². The number of amides is 1. The summed E-state index contributed by atoms with van der Waals surface area (Å²) in [5, 5.41) is 12.8. The van der Waals surface area contributed by atoms with Crippen LogP contribution in [0.25, 0.3) is 0 Å². The first-order valence-corrected chi connectivity index (χ1v) is 20.6. The normalized spacial score (nSPS) is 36.5. The van der Waals surface area contributed by atoms with Crippen molar-refractivity contribution in [3.8, 4) is 0 Å². The van der Waals surface area contributed by atoms with Crippen molar-refractivity contribution in [3.05, 3.63) is 47.0 Å². The van der Waals surface area contributed by atoms with Crippen molar-refractivity contribution < 1.29 is 29.0 Å². The molecule has 1 amide bonds. The molecule has 0 aromatic heterocycles. The molecule has 0 unspecified atom stereocenters. The molecule has 0 spiro atoms. The van der Waals surface area contributed by atoms with Crippen molar-refractivity contribution in [1.29, 1.82) is 0 Å². The maximum atomic E-state index is 14.7. The number of carbonyl (C=O) groups excluding carboxylic acids is 3. The van der Waals surface area contributed by atoms with Crippen molar-refractivity contribution in [2.75, 3.05) is 0 Å². The van der Waals surface area contributed by atoms with E-state index in [1.807, 2.05) is 44.2 Å². The van der Waals surface area contributed by atoms with Crippen molar-refractivity contribution in [1.82, 2.24) is 5.32 Å². The number of fused-ring (bicyclic) bond motifs is 7. The van der Waals surface area contributed by atoms with Crippen molar-refractivity contribution in [2.45, 2.75) is 158 Å². The minimum absolute atomic E-state index is 0.0108. The van der Waals surface area contributed by atoms with Crippen LogP contribution in [0.15, 0.2) is 41.5 Å². The van der Waals surface area contributed by atoms with Gasteiger partial charge < -0.3 is 15.2 Å². The van der Waals surface area contributed by atoms with Gasteiger partial charge in [-0.15, -0.1) is 0 Å². The summed E-state index contributed by atoms with van der Waals surface area (Å²) in [6.07, 6.45) is 8.89. The Morgan fingerprint density at radius 3 is 2.11 bits per heavy atom. The van der Waals surface area contributed by atoms with E-state index >= 15 is 0 Å². The van der Waals surface area contributed by atoms with Gasteiger partial charge in [0.15, 0.2) is 0 Å². The van der Waals surface area contributed by atoms with E-state index in [1.54, 1.807) is 13.8 Å². The zero-order chi connectivity index (χ0) is 39.2. The highest BCUT2D eigenvalue weighted by Crippen LogP contribution is 2.77. The number of carboxylic acids is 1. The molecule has 5 aliphatic rings. The van der Waals surface area contributed by atoms with Crippen LogP contribution in [-0.4, -0.2) is 34.8 Å². The van der Waals surface area contributed by atoms with E-state index in [1.165, 1.54) is 11.1 Å². The zero-order valence-electron chi connectivity index (χ0n) is 34.5. The molecular formula is C46H67NO6. The zero-order valence-corrected chi connectivity index (χ0v) is 34.5. The number of benzene rings is 1. The average molecular weight is 730 g/mol. The molecular weight excluding hydrogens is 663 g/mol. The molecule has 292 valence electrons. The summed E-state index contributed by atoms with van der Waals surface area (Å²) in [5.41, 5.74) is 1.01. The lowest BCUT2D eigenvalue weighted by Crippen LogP contribution is -2.66. The summed E-state index contributed by atoms with van der Waals surface area (Å²) in [7, 11) is 0. The van der Waals surface area contributed by atoms with Crippen LogP contribution in [-0.2, 0) is 29.5 Å². The van der Waals surface area contributed by atoms with Gasteiger partial charge in [-0.25, -0.2) is 0 Å². The van der Waals surface area contributed by atoms with Gasteiger partial charge >= 0.3 is 11.9 Å². The second-order valence-electron chi connectivity index (χ2n) is 20.8. The van der Waals surface area contributed by atoms with Crippen LogP contribution in [0.3, 0.4) is 0 Å². The molecule has 4 fully saturated rings. The first-order valence-electron chi connectivity index (χ1n) is 20.6. The van der Waals surface area contributed by atoms with Crippen LogP contribution in [0.1, 0.15) is 152 Å². The molecule has 0 heterocycles. The lowest BCUT2D eigenvalue weighted by molar-refractivity contribution is -0.233. The highest BCUT2D eigenvalue weighted by atomic mass is 16.5. The standard InChI is InChI=1S/C46H67NO6/c1-28(2)30-19-24-46(37(49)38(50)47-42(7,8)29-15-13-12-14-16-29)26-25-44(10)31(36(30)46)17-18-33-43(9)22-21-34(53-35(48)27-40(3,4)39(51)52)41(5,6)32(43)20-23-45(33,44)11/h12-16,28,31-34H,17-27H2,1-11H3,(H,47,50)(H,51,52)/t31-,32+,33-,34+,43+,44-,45-,46+/m1/s1. The predicted molar refractivity (Wildman–Crippen MR) is 208 cm³/mol. The number of hydrogen-bond donors (Lipinski definition) is 2. The molecule has 6 rings (SSSR count). The summed E-state index contributed by atoms with van der Waals surface area (Å²) in [6.45, 7) is 23.8. The summed E-state index contributed by atoms with van der Waals surface area (Å²) in [5.74, 6) is -0.666. The predicted octanol–water partition coefficient (Wildman–Crippen LogP) is 9.82. The summed E-state index contributed by atoms with van der Waals surface area (Å²) in [4.78, 5) is 53.7. The quantitative estimate of drug-likeness (QED) is 0.149. The summed E-state index contributed by atoms with van der Waals surface area (Å²) in [6, 6.07) is 9.91. The van der Waals surface area contributed by atoms with Gasteiger partial charge in [-0.2, -0.15) is 0 Å². The van der Waals surface area contributed by atoms with Crippen LogP contribution in [0.5, 0.6) is 0 Å². The Labute approximate surface area is 318 Å². The van der Waals surface area contributed by atoms with Crippen LogP contribution >= 0.6 is 0 Å². The fourth-order valence-electron chi connectivity index (χ4n) is 13.3. The third kappa shape index (κ3) is 6.04. The molecule has 0 radical (unpaired) electrons. The van der Waals surface area contributed by atoms with Crippen molar-refractivity contribution in [2.24, 2.45) is 56.2 Å². The van der Waals surface area contributed by atoms with Gasteiger partial charge in [0.25, 0.3) is 5.91 Å². The molecule has 0 saturated heterocycles. The second-order valence-corrected chi connectivity index (χ2v) is 20.8. The van der Waals surface area contributed by atoms with Crippen LogP contribution < -0.4 is 5.32 Å². The fraction of sp³-hybridized carbons (Fsp3) is 0.739.